The average molecular weight is 565 g/mol. The number of carbonyl (C=O) groups excluding carboxylic acids is 1. The first-order chi connectivity index (χ1) is 19.1. The quantitative estimate of drug-likeness (QED) is 0.290. The smallest absolute Gasteiger partial charge is 0.235 e. The fourth-order valence-corrected chi connectivity index (χ4v) is 6.24. The molecule has 0 unspecified atom stereocenters. The predicted octanol–water partition coefficient (Wildman–Crippen LogP) is 4.48. The van der Waals surface area contributed by atoms with Gasteiger partial charge in [-0.2, -0.15) is 5.10 Å². The first-order valence-corrected chi connectivity index (χ1v) is 13.8. The Kier molecular flexibility index (Phi) is 6.02. The molecular weight excluding hydrogens is 542 g/mol. The van der Waals surface area contributed by atoms with Crippen LogP contribution in [0.2, 0.25) is 0 Å². The monoisotopic (exact) mass is 564 g/mol. The van der Waals surface area contributed by atoms with Crippen LogP contribution in [0.5, 0.6) is 11.6 Å². The Labute approximate surface area is 227 Å². The van der Waals surface area contributed by atoms with Gasteiger partial charge in [0.2, 0.25) is 21.7 Å². The van der Waals surface area contributed by atoms with Gasteiger partial charge in [-0.05, 0) is 49.2 Å². The number of nitrogens with two attached hydrogens (primary N) is 1. The van der Waals surface area contributed by atoms with Gasteiger partial charge in [0.15, 0.2) is 11.6 Å². The molecule has 1 saturated heterocycles. The number of nitrogen functional groups attached to an aromatic ring is 1. The largest absolute Gasteiger partial charge is 0.436 e. The van der Waals surface area contributed by atoms with Crippen molar-refractivity contribution >= 4 is 38.2 Å². The molecule has 1 aliphatic rings. The second kappa shape index (κ2) is 9.45. The van der Waals surface area contributed by atoms with Crippen LogP contribution in [-0.4, -0.2) is 46.2 Å². The highest BCUT2D eigenvalue weighted by atomic mass is 32.2. The van der Waals surface area contributed by atoms with Gasteiger partial charge in [-0.1, -0.05) is 12.1 Å². The number of fused-ring (bicyclic) bond motifs is 1. The van der Waals surface area contributed by atoms with E-state index in [4.69, 9.17) is 10.5 Å². The van der Waals surface area contributed by atoms with Crippen LogP contribution in [0.15, 0.2) is 60.9 Å². The van der Waals surface area contributed by atoms with E-state index < -0.39 is 27.4 Å². The van der Waals surface area contributed by atoms with Crippen molar-refractivity contribution in [2.45, 2.75) is 13.3 Å². The highest BCUT2D eigenvalue weighted by molar-refractivity contribution is 7.93. The van der Waals surface area contributed by atoms with Gasteiger partial charge >= 0.3 is 0 Å². The molecule has 3 aromatic heterocycles. The van der Waals surface area contributed by atoms with E-state index in [1.54, 1.807) is 25.1 Å². The van der Waals surface area contributed by atoms with Crippen molar-refractivity contribution in [1.29, 1.82) is 0 Å². The normalized spacial score (nSPS) is 14.6. The van der Waals surface area contributed by atoms with E-state index in [1.165, 1.54) is 47.4 Å². The molecule has 1 aliphatic heterocycles. The Morgan fingerprint density at radius 3 is 2.60 bits per heavy atom. The summed E-state index contributed by atoms with van der Waals surface area (Å²) >= 11 is 0. The summed E-state index contributed by atoms with van der Waals surface area (Å²) in [6.45, 7) is 1.95. The number of pyridine rings is 1. The molecule has 0 spiro atoms. The van der Waals surface area contributed by atoms with Crippen molar-refractivity contribution in [3.63, 3.8) is 0 Å². The molecule has 6 rings (SSSR count). The first kappa shape index (κ1) is 25.5. The Hall–Kier alpha value is -4.78. The summed E-state index contributed by atoms with van der Waals surface area (Å²) in [4.78, 5) is 20.5. The molecule has 13 heteroatoms. The van der Waals surface area contributed by atoms with E-state index in [0.29, 0.717) is 28.6 Å². The predicted molar refractivity (Wildman–Crippen MR) is 144 cm³/mol. The summed E-state index contributed by atoms with van der Waals surface area (Å²) < 4.78 is 61.3. The number of para-hydroxylation sites is 1. The lowest BCUT2D eigenvalue weighted by Gasteiger charge is -2.17. The van der Waals surface area contributed by atoms with Crippen LogP contribution in [0.3, 0.4) is 0 Å². The SMILES string of the molecule is Cc1cc(Oc2ccccc2F)ncc1-n1ncc(C(=O)c2cc3cc(F)c(N4CCCS4(=O)=O)cc3[nH]2)c1N. The zero-order valence-corrected chi connectivity index (χ0v) is 21.9. The topological polar surface area (TPSA) is 136 Å². The molecule has 3 N–H and O–H groups in total. The number of rotatable bonds is 6. The fraction of sp³-hybridized carbons (Fsp3) is 0.148. The van der Waals surface area contributed by atoms with Gasteiger partial charge in [-0.15, -0.1) is 0 Å². The number of ether oxygens (including phenoxy) is 1. The van der Waals surface area contributed by atoms with Crippen molar-refractivity contribution < 1.29 is 26.7 Å². The first-order valence-electron chi connectivity index (χ1n) is 12.2. The standard InChI is InChI=1S/C27H22F2N6O4S/c1-15-9-25(39-24-6-3-2-5-18(24)28)31-14-23(15)35-27(30)17(13-32-35)26(36)21-11-16-10-19(29)22(12-20(16)33-21)34-7-4-8-40(34,37)38/h2-3,5-6,9-14,33H,4,7-8,30H2,1H3. The van der Waals surface area contributed by atoms with Gasteiger partial charge in [0.05, 0.1) is 40.8 Å². The Morgan fingerprint density at radius 1 is 1.07 bits per heavy atom. The minimum atomic E-state index is -3.58. The number of ketones is 1. The minimum absolute atomic E-state index is 0.0287. The lowest BCUT2D eigenvalue weighted by atomic mass is 10.1. The number of anilines is 2. The second-order valence-corrected chi connectivity index (χ2v) is 11.4. The number of nitrogens with one attached hydrogen (secondary N) is 1. The van der Waals surface area contributed by atoms with Crippen molar-refractivity contribution in [2.75, 3.05) is 22.3 Å². The number of hydrogen-bond donors (Lipinski definition) is 2. The summed E-state index contributed by atoms with van der Waals surface area (Å²) in [5, 5.41) is 4.65. The van der Waals surface area contributed by atoms with E-state index in [0.717, 1.165) is 4.31 Å². The molecule has 0 radical (unpaired) electrons. The van der Waals surface area contributed by atoms with Gasteiger partial charge in [-0.25, -0.2) is 26.9 Å². The maximum Gasteiger partial charge on any atom is 0.235 e. The summed E-state index contributed by atoms with van der Waals surface area (Å²) in [7, 11) is -3.58. The molecule has 0 aliphatic carbocycles. The van der Waals surface area contributed by atoms with E-state index in [2.05, 4.69) is 15.1 Å². The van der Waals surface area contributed by atoms with Crippen molar-refractivity contribution in [2.24, 2.45) is 0 Å². The van der Waals surface area contributed by atoms with Crippen LogP contribution in [0.1, 0.15) is 28.0 Å². The van der Waals surface area contributed by atoms with Crippen LogP contribution in [0.25, 0.3) is 16.6 Å². The molecule has 0 amide bonds. The number of nitrogens with zero attached hydrogens (tertiary/aromatic N) is 4. The van der Waals surface area contributed by atoms with Crippen LogP contribution >= 0.6 is 0 Å². The lowest BCUT2D eigenvalue weighted by molar-refractivity contribution is 0.103. The van der Waals surface area contributed by atoms with Crippen molar-refractivity contribution in [3.8, 4) is 17.3 Å². The van der Waals surface area contributed by atoms with Gasteiger partial charge in [0.25, 0.3) is 0 Å². The summed E-state index contributed by atoms with van der Waals surface area (Å²) in [6, 6.07) is 11.6. The van der Waals surface area contributed by atoms with E-state index in [-0.39, 0.29) is 46.7 Å². The zero-order chi connectivity index (χ0) is 28.2. The molecule has 10 nitrogen and oxygen atoms in total. The molecule has 2 aromatic carbocycles. The summed E-state index contributed by atoms with van der Waals surface area (Å²) in [5.41, 5.74) is 8.00. The average Bonchev–Trinajstić information content (AvgIpc) is 3.60. The van der Waals surface area contributed by atoms with Crippen LogP contribution in [0.4, 0.5) is 20.3 Å². The fourth-order valence-electron chi connectivity index (χ4n) is 4.68. The highest BCUT2D eigenvalue weighted by Gasteiger charge is 2.31. The molecule has 5 aromatic rings. The van der Waals surface area contributed by atoms with Gasteiger partial charge in [-0.3, -0.25) is 9.10 Å². The Morgan fingerprint density at radius 2 is 1.88 bits per heavy atom. The lowest BCUT2D eigenvalue weighted by Crippen LogP contribution is -2.26. The van der Waals surface area contributed by atoms with E-state index in [9.17, 15) is 22.0 Å². The number of benzene rings is 2. The van der Waals surface area contributed by atoms with Gasteiger partial charge in [0.1, 0.15) is 11.6 Å². The Bertz CT molecular complexity index is 1920. The van der Waals surface area contributed by atoms with Crippen LogP contribution < -0.4 is 14.8 Å². The number of sulfonamides is 1. The minimum Gasteiger partial charge on any atom is -0.436 e. The second-order valence-electron chi connectivity index (χ2n) is 9.34. The van der Waals surface area contributed by atoms with E-state index in [1.807, 2.05) is 0 Å². The molecule has 0 atom stereocenters. The Balaban J connectivity index is 1.29. The number of aromatic nitrogens is 4. The summed E-state index contributed by atoms with van der Waals surface area (Å²) in [5.74, 6) is -1.51. The summed E-state index contributed by atoms with van der Waals surface area (Å²) in [6.07, 6.45) is 3.17. The van der Waals surface area contributed by atoms with E-state index >= 15 is 0 Å². The molecule has 1 fully saturated rings. The zero-order valence-electron chi connectivity index (χ0n) is 21.1. The number of aromatic amines is 1. The van der Waals surface area contributed by atoms with Crippen molar-refractivity contribution in [3.05, 3.63) is 89.4 Å². The van der Waals surface area contributed by atoms with Gasteiger partial charge in [0, 0.05) is 23.5 Å². The number of H-pyrrole nitrogens is 1. The molecule has 204 valence electrons. The highest BCUT2D eigenvalue weighted by Crippen LogP contribution is 2.32. The van der Waals surface area contributed by atoms with Crippen LogP contribution in [0, 0.1) is 18.6 Å². The van der Waals surface area contributed by atoms with Crippen molar-refractivity contribution in [1.82, 2.24) is 19.7 Å². The molecule has 40 heavy (non-hydrogen) atoms. The molecular formula is C27H22F2N6O4S. The maximum absolute atomic E-state index is 14.8. The van der Waals surface area contributed by atoms with Crippen LogP contribution in [-0.2, 0) is 10.0 Å². The molecule has 0 saturated carbocycles. The third-order valence-electron chi connectivity index (χ3n) is 6.69. The van der Waals surface area contributed by atoms with Gasteiger partial charge < -0.3 is 15.5 Å². The number of aryl methyl sites for hydroxylation is 1. The molecule has 0 bridgehead atoms. The third-order valence-corrected chi connectivity index (χ3v) is 8.54. The third kappa shape index (κ3) is 4.33. The number of halogens is 2. The number of carbonyl (C=O) groups is 1. The maximum atomic E-state index is 14.8. The number of hydrogen-bond acceptors (Lipinski definition) is 7. The molecule has 4 heterocycles.